The number of esters is 1. The molecule has 3 aromatic rings. The molecule has 1 heterocycles. The van der Waals surface area contributed by atoms with E-state index in [0.29, 0.717) is 11.6 Å². The van der Waals surface area contributed by atoms with E-state index in [2.05, 4.69) is 9.88 Å². The number of carbonyl (C=O) groups is 2. The van der Waals surface area contributed by atoms with Crippen molar-refractivity contribution in [3.05, 3.63) is 71.0 Å². The molecule has 0 radical (unpaired) electrons. The first-order valence-electron chi connectivity index (χ1n) is 10.1. The lowest BCUT2D eigenvalue weighted by Gasteiger charge is -2.16. The van der Waals surface area contributed by atoms with Crippen molar-refractivity contribution in [3.8, 4) is 0 Å². The molecule has 2 aromatic carbocycles. The maximum atomic E-state index is 12.5. The van der Waals surface area contributed by atoms with Crippen LogP contribution in [0.3, 0.4) is 0 Å². The van der Waals surface area contributed by atoms with Gasteiger partial charge in [0, 0.05) is 17.4 Å². The molecule has 5 heteroatoms. The Kier molecular flexibility index (Phi) is 5.14. The van der Waals surface area contributed by atoms with Gasteiger partial charge in [0.05, 0.1) is 11.6 Å². The highest BCUT2D eigenvalue weighted by molar-refractivity contribution is 5.93. The lowest BCUT2D eigenvalue weighted by Crippen LogP contribution is -2.31. The predicted molar refractivity (Wildman–Crippen MR) is 113 cm³/mol. The summed E-state index contributed by atoms with van der Waals surface area (Å²) in [6, 6.07) is 16.3. The molecule has 1 aliphatic carbocycles. The lowest BCUT2D eigenvalue weighted by molar-refractivity contribution is -0.124. The standard InChI is InChI=1S/C24H26N2O3/c1-15-13-22(17(3)26(15)19-11-12-19)24(28)29-14-23(27)25-16(2)20-10-6-8-18-7-4-5-9-21(18)20/h4-10,13,16,19H,11-12,14H2,1-3H3,(H,25,27)/t16-/m1/s1. The summed E-state index contributed by atoms with van der Waals surface area (Å²) >= 11 is 0. The predicted octanol–water partition coefficient (Wildman–Crippen LogP) is 4.63. The number of hydrogen-bond donors (Lipinski definition) is 1. The van der Waals surface area contributed by atoms with Crippen LogP contribution in [0.2, 0.25) is 0 Å². The first kappa shape index (κ1) is 19.2. The number of rotatable bonds is 6. The first-order chi connectivity index (χ1) is 14.0. The lowest BCUT2D eigenvalue weighted by atomic mass is 10.00. The Morgan fingerprint density at radius 3 is 2.62 bits per heavy atom. The molecule has 29 heavy (non-hydrogen) atoms. The topological polar surface area (TPSA) is 60.3 Å². The Morgan fingerprint density at radius 2 is 1.86 bits per heavy atom. The SMILES string of the molecule is Cc1cc(C(=O)OCC(=O)N[C@H](C)c2cccc3ccccc23)c(C)n1C1CC1. The molecule has 1 fully saturated rings. The van der Waals surface area contributed by atoms with Gasteiger partial charge in [-0.15, -0.1) is 0 Å². The van der Waals surface area contributed by atoms with E-state index in [0.717, 1.165) is 40.6 Å². The van der Waals surface area contributed by atoms with Crippen molar-refractivity contribution in [3.63, 3.8) is 0 Å². The molecule has 150 valence electrons. The van der Waals surface area contributed by atoms with Gasteiger partial charge in [-0.05, 0) is 56.0 Å². The normalized spacial score (nSPS) is 14.6. The number of aromatic nitrogens is 1. The smallest absolute Gasteiger partial charge is 0.340 e. The summed E-state index contributed by atoms with van der Waals surface area (Å²) in [6.07, 6.45) is 2.30. The number of benzene rings is 2. The van der Waals surface area contributed by atoms with Crippen LogP contribution in [-0.2, 0) is 9.53 Å². The van der Waals surface area contributed by atoms with Crippen molar-refractivity contribution in [2.75, 3.05) is 6.61 Å². The third-order valence-electron chi connectivity index (χ3n) is 5.62. The monoisotopic (exact) mass is 390 g/mol. The molecule has 0 aliphatic heterocycles. The summed E-state index contributed by atoms with van der Waals surface area (Å²) in [7, 11) is 0. The van der Waals surface area contributed by atoms with Crippen LogP contribution in [0.15, 0.2) is 48.5 Å². The van der Waals surface area contributed by atoms with Gasteiger partial charge in [-0.2, -0.15) is 0 Å². The van der Waals surface area contributed by atoms with Crippen molar-refractivity contribution in [2.45, 2.75) is 45.7 Å². The fourth-order valence-electron chi connectivity index (χ4n) is 4.08. The van der Waals surface area contributed by atoms with E-state index < -0.39 is 5.97 Å². The first-order valence-corrected chi connectivity index (χ1v) is 10.1. The molecule has 1 amide bonds. The van der Waals surface area contributed by atoms with Gasteiger partial charge in [-0.25, -0.2) is 4.79 Å². The van der Waals surface area contributed by atoms with E-state index in [1.165, 1.54) is 0 Å². The summed E-state index contributed by atoms with van der Waals surface area (Å²) in [5.74, 6) is -0.757. The molecule has 0 unspecified atom stereocenters. The van der Waals surface area contributed by atoms with Crippen molar-refractivity contribution in [1.29, 1.82) is 0 Å². The average molecular weight is 390 g/mol. The fraction of sp³-hybridized carbons (Fsp3) is 0.333. The van der Waals surface area contributed by atoms with E-state index in [1.807, 2.05) is 69.3 Å². The van der Waals surface area contributed by atoms with Crippen LogP contribution in [0, 0.1) is 13.8 Å². The third kappa shape index (κ3) is 3.90. The number of nitrogens with one attached hydrogen (secondary N) is 1. The Labute approximate surface area is 170 Å². The molecular weight excluding hydrogens is 364 g/mol. The van der Waals surface area contributed by atoms with Gasteiger partial charge in [0.1, 0.15) is 0 Å². The van der Waals surface area contributed by atoms with Crippen LogP contribution in [-0.4, -0.2) is 23.1 Å². The van der Waals surface area contributed by atoms with E-state index in [4.69, 9.17) is 4.74 Å². The highest BCUT2D eigenvalue weighted by Gasteiger charge is 2.29. The number of hydrogen-bond acceptors (Lipinski definition) is 3. The highest BCUT2D eigenvalue weighted by atomic mass is 16.5. The largest absolute Gasteiger partial charge is 0.452 e. The molecule has 1 N–H and O–H groups in total. The van der Waals surface area contributed by atoms with Crippen LogP contribution in [0.5, 0.6) is 0 Å². The number of nitrogens with zero attached hydrogens (tertiary/aromatic N) is 1. The quantitative estimate of drug-likeness (QED) is 0.625. The minimum Gasteiger partial charge on any atom is -0.452 e. The summed E-state index contributed by atoms with van der Waals surface area (Å²) in [5.41, 5.74) is 3.56. The molecule has 1 atom stereocenters. The molecule has 5 nitrogen and oxygen atoms in total. The van der Waals surface area contributed by atoms with E-state index in [1.54, 1.807) is 0 Å². The minimum absolute atomic E-state index is 0.188. The van der Waals surface area contributed by atoms with Crippen molar-refractivity contribution in [2.24, 2.45) is 0 Å². The Morgan fingerprint density at radius 1 is 1.14 bits per heavy atom. The van der Waals surface area contributed by atoms with Crippen molar-refractivity contribution in [1.82, 2.24) is 9.88 Å². The summed E-state index contributed by atoms with van der Waals surface area (Å²) in [6.45, 7) is 5.58. The summed E-state index contributed by atoms with van der Waals surface area (Å²) < 4.78 is 7.49. The molecule has 0 bridgehead atoms. The van der Waals surface area contributed by atoms with Crippen molar-refractivity contribution < 1.29 is 14.3 Å². The van der Waals surface area contributed by atoms with E-state index >= 15 is 0 Å². The number of amides is 1. The van der Waals surface area contributed by atoms with Crippen LogP contribution >= 0.6 is 0 Å². The van der Waals surface area contributed by atoms with Gasteiger partial charge < -0.3 is 14.6 Å². The Hall–Kier alpha value is -3.08. The second-order valence-corrected chi connectivity index (χ2v) is 7.82. The minimum atomic E-state index is -0.446. The molecule has 4 rings (SSSR count). The molecular formula is C24H26N2O3. The van der Waals surface area contributed by atoms with Gasteiger partial charge in [-0.3, -0.25) is 4.79 Å². The zero-order chi connectivity index (χ0) is 20.5. The zero-order valence-electron chi connectivity index (χ0n) is 17.1. The van der Waals surface area contributed by atoms with Crippen LogP contribution < -0.4 is 5.32 Å². The van der Waals surface area contributed by atoms with Gasteiger partial charge >= 0.3 is 5.97 Å². The molecule has 0 spiro atoms. The molecule has 1 aromatic heterocycles. The second-order valence-electron chi connectivity index (χ2n) is 7.82. The number of fused-ring (bicyclic) bond motifs is 1. The average Bonchev–Trinajstić information content (AvgIpc) is 3.50. The zero-order valence-corrected chi connectivity index (χ0v) is 17.1. The van der Waals surface area contributed by atoms with Crippen LogP contribution in [0.1, 0.15) is 59.2 Å². The molecule has 0 saturated heterocycles. The van der Waals surface area contributed by atoms with E-state index in [9.17, 15) is 9.59 Å². The maximum Gasteiger partial charge on any atom is 0.340 e. The van der Waals surface area contributed by atoms with Gasteiger partial charge in [0.2, 0.25) is 0 Å². The number of aryl methyl sites for hydroxylation is 1. The van der Waals surface area contributed by atoms with Gasteiger partial charge in [-0.1, -0.05) is 42.5 Å². The third-order valence-corrected chi connectivity index (χ3v) is 5.62. The van der Waals surface area contributed by atoms with Crippen molar-refractivity contribution >= 4 is 22.6 Å². The second kappa shape index (κ2) is 7.74. The summed E-state index contributed by atoms with van der Waals surface area (Å²) in [5, 5.41) is 5.17. The van der Waals surface area contributed by atoms with Crippen LogP contribution in [0.4, 0.5) is 0 Å². The Bertz CT molecular complexity index is 1070. The number of carbonyl (C=O) groups excluding carboxylic acids is 2. The fourth-order valence-corrected chi connectivity index (χ4v) is 4.08. The van der Waals surface area contributed by atoms with E-state index in [-0.39, 0.29) is 18.6 Å². The maximum absolute atomic E-state index is 12.5. The van der Waals surface area contributed by atoms with Crippen LogP contribution in [0.25, 0.3) is 10.8 Å². The Balaban J connectivity index is 1.39. The summed E-state index contributed by atoms with van der Waals surface area (Å²) in [4.78, 5) is 24.9. The molecule has 1 aliphatic rings. The van der Waals surface area contributed by atoms with Gasteiger partial charge in [0.25, 0.3) is 5.91 Å². The highest BCUT2D eigenvalue weighted by Crippen LogP contribution is 2.38. The number of ether oxygens (including phenoxy) is 1. The molecule has 1 saturated carbocycles. The van der Waals surface area contributed by atoms with Gasteiger partial charge in [0.15, 0.2) is 6.61 Å².